The molecule has 154 valence electrons. The fraction of sp³-hybridized carbons (Fsp3) is 0.368. The molecule has 3 aromatic rings. The lowest BCUT2D eigenvalue weighted by Gasteiger charge is -2.09. The summed E-state index contributed by atoms with van der Waals surface area (Å²) in [6, 6.07) is 7.50. The number of carbonyl (C=O) groups excluding carboxylic acids is 1. The Labute approximate surface area is 175 Å². The largest absolute Gasteiger partial charge is 0.492 e. The molecule has 0 spiro atoms. The van der Waals surface area contributed by atoms with Crippen molar-refractivity contribution in [1.82, 2.24) is 24.0 Å². The fourth-order valence-electron chi connectivity index (χ4n) is 2.98. The number of fused-ring (bicyclic) bond motifs is 1. The minimum Gasteiger partial charge on any atom is -0.492 e. The van der Waals surface area contributed by atoms with Crippen molar-refractivity contribution in [2.24, 2.45) is 14.1 Å². The number of rotatable bonds is 8. The number of aryl methyl sites for hydroxylation is 2. The second-order valence-corrected chi connectivity index (χ2v) is 7.49. The van der Waals surface area contributed by atoms with Gasteiger partial charge in [0.15, 0.2) is 11.2 Å². The quantitative estimate of drug-likeness (QED) is 0.505. The van der Waals surface area contributed by atoms with Crippen LogP contribution in [0.25, 0.3) is 11.2 Å². The van der Waals surface area contributed by atoms with Gasteiger partial charge < -0.3 is 14.6 Å². The molecule has 3 rings (SSSR count). The van der Waals surface area contributed by atoms with E-state index in [1.807, 2.05) is 24.3 Å². The van der Waals surface area contributed by atoms with Gasteiger partial charge in [-0.2, -0.15) is 0 Å². The SMILES string of the molecule is Cn1c(=O)c2c(ncn2CCCC(=O)NCCOc2cccc(Br)c2)n(C)c1=O. The summed E-state index contributed by atoms with van der Waals surface area (Å²) in [5.41, 5.74) is -0.114. The molecule has 0 radical (unpaired) electrons. The summed E-state index contributed by atoms with van der Waals surface area (Å²) in [6.07, 6.45) is 2.37. The summed E-state index contributed by atoms with van der Waals surface area (Å²) >= 11 is 3.38. The smallest absolute Gasteiger partial charge is 0.332 e. The van der Waals surface area contributed by atoms with Gasteiger partial charge in [0.25, 0.3) is 5.56 Å². The molecule has 2 heterocycles. The van der Waals surface area contributed by atoms with Crippen molar-refractivity contribution in [2.75, 3.05) is 13.2 Å². The average molecular weight is 464 g/mol. The number of benzene rings is 1. The van der Waals surface area contributed by atoms with Gasteiger partial charge >= 0.3 is 5.69 Å². The number of hydrogen-bond acceptors (Lipinski definition) is 5. The summed E-state index contributed by atoms with van der Waals surface area (Å²) in [6.45, 7) is 1.23. The van der Waals surface area contributed by atoms with Crippen LogP contribution >= 0.6 is 15.9 Å². The Hall–Kier alpha value is -2.88. The maximum atomic E-state index is 12.4. The second-order valence-electron chi connectivity index (χ2n) is 6.58. The topological polar surface area (TPSA) is 100 Å². The molecule has 0 aliphatic carbocycles. The molecule has 0 saturated heterocycles. The molecule has 0 bridgehead atoms. The Bertz CT molecular complexity index is 1150. The summed E-state index contributed by atoms with van der Waals surface area (Å²) in [5, 5.41) is 2.81. The standard InChI is InChI=1S/C19H22BrN5O4/c1-23-17-16(18(27)24(2)19(23)28)25(12-22-17)9-4-7-15(26)21-8-10-29-14-6-3-5-13(20)11-14/h3,5-6,11-12H,4,7-10H2,1-2H3,(H,21,26). The first kappa shape index (κ1) is 20.8. The van der Waals surface area contributed by atoms with Crippen LogP contribution in [0, 0.1) is 0 Å². The zero-order chi connectivity index (χ0) is 21.0. The normalized spacial score (nSPS) is 11.0. The van der Waals surface area contributed by atoms with Crippen LogP contribution in [0.15, 0.2) is 44.7 Å². The van der Waals surface area contributed by atoms with Crippen molar-refractivity contribution < 1.29 is 9.53 Å². The number of carbonyl (C=O) groups is 1. The Balaban J connectivity index is 1.48. The number of nitrogens with one attached hydrogen (secondary N) is 1. The number of amides is 1. The Morgan fingerprint density at radius 3 is 2.79 bits per heavy atom. The first-order chi connectivity index (χ1) is 13.9. The molecular formula is C19H22BrN5O4. The molecule has 0 saturated carbocycles. The Morgan fingerprint density at radius 2 is 2.03 bits per heavy atom. The minimum absolute atomic E-state index is 0.0902. The van der Waals surface area contributed by atoms with Crippen LogP contribution in [-0.4, -0.2) is 37.7 Å². The van der Waals surface area contributed by atoms with Crippen LogP contribution in [0.5, 0.6) is 5.75 Å². The zero-order valence-corrected chi connectivity index (χ0v) is 17.8. The average Bonchev–Trinajstić information content (AvgIpc) is 3.12. The highest BCUT2D eigenvalue weighted by Gasteiger charge is 2.14. The summed E-state index contributed by atoms with van der Waals surface area (Å²) < 4.78 is 10.6. The lowest BCUT2D eigenvalue weighted by atomic mass is 10.3. The van der Waals surface area contributed by atoms with E-state index < -0.39 is 11.2 Å². The highest BCUT2D eigenvalue weighted by molar-refractivity contribution is 9.10. The number of hydrogen-bond donors (Lipinski definition) is 1. The molecule has 0 atom stereocenters. The number of aromatic nitrogens is 4. The Kier molecular flexibility index (Phi) is 6.53. The van der Waals surface area contributed by atoms with Crippen LogP contribution in [-0.2, 0) is 25.4 Å². The minimum atomic E-state index is -0.419. The predicted molar refractivity (Wildman–Crippen MR) is 112 cm³/mol. The van der Waals surface area contributed by atoms with E-state index >= 15 is 0 Å². The third kappa shape index (κ3) is 4.76. The molecule has 0 fully saturated rings. The van der Waals surface area contributed by atoms with Crippen LogP contribution in [0.3, 0.4) is 0 Å². The second kappa shape index (κ2) is 9.08. The van der Waals surface area contributed by atoms with Crippen LogP contribution in [0.4, 0.5) is 0 Å². The first-order valence-corrected chi connectivity index (χ1v) is 9.93. The van der Waals surface area contributed by atoms with Gasteiger partial charge in [0.2, 0.25) is 5.91 Å². The van der Waals surface area contributed by atoms with E-state index in [2.05, 4.69) is 26.2 Å². The van der Waals surface area contributed by atoms with Gasteiger partial charge in [-0.25, -0.2) is 9.78 Å². The van der Waals surface area contributed by atoms with E-state index in [4.69, 9.17) is 4.74 Å². The van der Waals surface area contributed by atoms with Crippen molar-refractivity contribution in [3.05, 3.63) is 55.9 Å². The van der Waals surface area contributed by atoms with Gasteiger partial charge in [-0.1, -0.05) is 22.0 Å². The van der Waals surface area contributed by atoms with Crippen molar-refractivity contribution in [1.29, 1.82) is 0 Å². The molecule has 1 aromatic carbocycles. The predicted octanol–water partition coefficient (Wildman–Crippen LogP) is 1.17. The van der Waals surface area contributed by atoms with E-state index in [-0.39, 0.29) is 5.91 Å². The number of halogens is 1. The van der Waals surface area contributed by atoms with Crippen molar-refractivity contribution in [3.8, 4) is 5.75 Å². The van der Waals surface area contributed by atoms with Crippen molar-refractivity contribution >= 4 is 33.0 Å². The van der Waals surface area contributed by atoms with Gasteiger partial charge in [-0.05, 0) is 24.6 Å². The third-order valence-electron chi connectivity index (χ3n) is 4.51. The van der Waals surface area contributed by atoms with E-state index in [9.17, 15) is 14.4 Å². The number of nitrogens with zero attached hydrogens (tertiary/aromatic N) is 4. The van der Waals surface area contributed by atoms with Crippen LogP contribution < -0.4 is 21.3 Å². The van der Waals surface area contributed by atoms with Gasteiger partial charge in [0.1, 0.15) is 12.4 Å². The summed E-state index contributed by atoms with van der Waals surface area (Å²) in [7, 11) is 3.01. The maximum absolute atomic E-state index is 12.4. The fourth-order valence-corrected chi connectivity index (χ4v) is 3.36. The van der Waals surface area contributed by atoms with E-state index in [0.29, 0.717) is 43.7 Å². The third-order valence-corrected chi connectivity index (χ3v) is 5.00. The molecule has 29 heavy (non-hydrogen) atoms. The lowest BCUT2D eigenvalue weighted by Crippen LogP contribution is -2.37. The van der Waals surface area contributed by atoms with Crippen LogP contribution in [0.1, 0.15) is 12.8 Å². The first-order valence-electron chi connectivity index (χ1n) is 9.14. The van der Waals surface area contributed by atoms with Crippen molar-refractivity contribution in [2.45, 2.75) is 19.4 Å². The molecular weight excluding hydrogens is 442 g/mol. The van der Waals surface area contributed by atoms with Crippen molar-refractivity contribution in [3.63, 3.8) is 0 Å². The molecule has 2 aromatic heterocycles. The summed E-state index contributed by atoms with van der Waals surface area (Å²) in [4.78, 5) is 40.5. The summed E-state index contributed by atoms with van der Waals surface area (Å²) in [5.74, 6) is 0.643. The van der Waals surface area contributed by atoms with Gasteiger partial charge in [0, 0.05) is 31.5 Å². The molecule has 0 unspecified atom stereocenters. The van der Waals surface area contributed by atoms with Gasteiger partial charge in [0.05, 0.1) is 12.9 Å². The molecule has 0 aliphatic rings. The number of ether oxygens (including phenoxy) is 1. The maximum Gasteiger partial charge on any atom is 0.332 e. The Morgan fingerprint density at radius 1 is 1.24 bits per heavy atom. The van der Waals surface area contributed by atoms with Gasteiger partial charge in [-0.15, -0.1) is 0 Å². The van der Waals surface area contributed by atoms with E-state index in [1.54, 1.807) is 11.6 Å². The highest BCUT2D eigenvalue weighted by Crippen LogP contribution is 2.17. The molecule has 10 heteroatoms. The lowest BCUT2D eigenvalue weighted by molar-refractivity contribution is -0.121. The molecule has 1 N–H and O–H groups in total. The molecule has 9 nitrogen and oxygen atoms in total. The number of imidazole rings is 1. The highest BCUT2D eigenvalue weighted by atomic mass is 79.9. The van der Waals surface area contributed by atoms with E-state index in [1.165, 1.54) is 17.9 Å². The van der Waals surface area contributed by atoms with E-state index in [0.717, 1.165) is 14.8 Å². The molecule has 1 amide bonds. The van der Waals surface area contributed by atoms with Gasteiger partial charge in [-0.3, -0.25) is 18.7 Å². The monoisotopic (exact) mass is 463 g/mol. The molecule has 0 aliphatic heterocycles. The van der Waals surface area contributed by atoms with Crippen LogP contribution in [0.2, 0.25) is 0 Å². The zero-order valence-electron chi connectivity index (χ0n) is 16.2.